The Kier molecular flexibility index (Phi) is 4.89. The highest BCUT2D eigenvalue weighted by molar-refractivity contribution is 6.06. The highest BCUT2D eigenvalue weighted by atomic mass is 16.5. The summed E-state index contributed by atoms with van der Waals surface area (Å²) in [6.07, 6.45) is 0. The number of hydrogen-bond acceptors (Lipinski definition) is 4. The lowest BCUT2D eigenvalue weighted by atomic mass is 10.1. The summed E-state index contributed by atoms with van der Waals surface area (Å²) in [6.45, 7) is 0. The summed E-state index contributed by atoms with van der Waals surface area (Å²) in [4.78, 5) is 17.5. The number of amides is 1. The molecule has 1 N–H and O–H groups in total. The normalized spacial score (nSPS) is 10.5. The van der Waals surface area contributed by atoms with E-state index in [9.17, 15) is 4.79 Å². The number of nitrogens with one attached hydrogen (secondary N) is 1. The van der Waals surface area contributed by atoms with E-state index >= 15 is 0 Å². The fourth-order valence-electron chi connectivity index (χ4n) is 2.90. The van der Waals surface area contributed by atoms with Crippen LogP contribution < -0.4 is 10.1 Å². The molecule has 0 unspecified atom stereocenters. The number of rotatable bonds is 5. The SMILES string of the molecule is COc1ccccc1C(=O)Nc1oc(-c2ccccc2)nc1-c1ccccc1. The van der Waals surface area contributed by atoms with Gasteiger partial charge in [-0.15, -0.1) is 0 Å². The Morgan fingerprint density at radius 1 is 0.857 bits per heavy atom. The Bertz CT molecular complexity index is 1090. The van der Waals surface area contributed by atoms with Gasteiger partial charge in [-0.25, -0.2) is 4.98 Å². The van der Waals surface area contributed by atoms with Gasteiger partial charge in [0.15, 0.2) is 0 Å². The molecule has 0 atom stereocenters. The molecule has 0 fully saturated rings. The Balaban J connectivity index is 1.75. The van der Waals surface area contributed by atoms with Crippen molar-refractivity contribution in [1.29, 1.82) is 0 Å². The lowest BCUT2D eigenvalue weighted by Crippen LogP contribution is -2.13. The molecule has 0 bridgehead atoms. The lowest BCUT2D eigenvalue weighted by molar-refractivity contribution is 0.102. The van der Waals surface area contributed by atoms with Crippen LogP contribution in [0, 0.1) is 0 Å². The summed E-state index contributed by atoms with van der Waals surface area (Å²) < 4.78 is 11.2. The lowest BCUT2D eigenvalue weighted by Gasteiger charge is -2.08. The minimum absolute atomic E-state index is 0.293. The maximum absolute atomic E-state index is 12.8. The molecule has 3 aromatic carbocycles. The maximum Gasteiger partial charge on any atom is 0.261 e. The highest BCUT2D eigenvalue weighted by Gasteiger charge is 2.20. The molecule has 1 amide bonds. The molecule has 0 saturated carbocycles. The van der Waals surface area contributed by atoms with Crippen molar-refractivity contribution in [1.82, 2.24) is 4.98 Å². The van der Waals surface area contributed by atoms with Crippen molar-refractivity contribution in [3.63, 3.8) is 0 Å². The zero-order chi connectivity index (χ0) is 19.3. The zero-order valence-corrected chi connectivity index (χ0v) is 15.3. The van der Waals surface area contributed by atoms with E-state index in [1.165, 1.54) is 7.11 Å². The van der Waals surface area contributed by atoms with Gasteiger partial charge in [-0.05, 0) is 24.3 Å². The summed E-state index contributed by atoms with van der Waals surface area (Å²) in [5, 5.41) is 2.84. The van der Waals surface area contributed by atoms with Crippen LogP contribution in [0.1, 0.15) is 10.4 Å². The number of aromatic nitrogens is 1. The van der Waals surface area contributed by atoms with Crippen LogP contribution in [0.2, 0.25) is 0 Å². The van der Waals surface area contributed by atoms with Gasteiger partial charge in [0.25, 0.3) is 5.91 Å². The number of ether oxygens (including phenoxy) is 1. The quantitative estimate of drug-likeness (QED) is 0.520. The first-order valence-corrected chi connectivity index (χ1v) is 8.82. The third-order valence-electron chi connectivity index (χ3n) is 4.27. The van der Waals surface area contributed by atoms with E-state index in [1.807, 2.05) is 66.7 Å². The highest BCUT2D eigenvalue weighted by Crippen LogP contribution is 2.33. The summed E-state index contributed by atoms with van der Waals surface area (Å²) in [5.41, 5.74) is 2.67. The molecule has 0 aliphatic heterocycles. The van der Waals surface area contributed by atoms with E-state index in [0.717, 1.165) is 11.1 Å². The monoisotopic (exact) mass is 370 g/mol. The molecule has 0 aliphatic rings. The van der Waals surface area contributed by atoms with Crippen LogP contribution in [0.15, 0.2) is 89.3 Å². The van der Waals surface area contributed by atoms with Crippen molar-refractivity contribution in [3.8, 4) is 28.5 Å². The Labute approximate surface area is 162 Å². The number of anilines is 1. The molecule has 4 aromatic rings. The van der Waals surface area contributed by atoms with Gasteiger partial charge in [0.05, 0.1) is 12.7 Å². The second-order valence-electron chi connectivity index (χ2n) is 6.08. The summed E-state index contributed by atoms with van der Waals surface area (Å²) >= 11 is 0. The van der Waals surface area contributed by atoms with Gasteiger partial charge in [-0.1, -0.05) is 60.7 Å². The Hall–Kier alpha value is -3.86. The first kappa shape index (κ1) is 17.5. The fourth-order valence-corrected chi connectivity index (χ4v) is 2.90. The van der Waals surface area contributed by atoms with Crippen LogP contribution in [0.4, 0.5) is 5.88 Å². The fraction of sp³-hybridized carbons (Fsp3) is 0.0435. The van der Waals surface area contributed by atoms with Crippen LogP contribution in [0.3, 0.4) is 0 Å². The molecule has 0 spiro atoms. The van der Waals surface area contributed by atoms with Crippen LogP contribution in [0.25, 0.3) is 22.7 Å². The van der Waals surface area contributed by atoms with Crippen LogP contribution in [-0.2, 0) is 0 Å². The third-order valence-corrected chi connectivity index (χ3v) is 4.27. The van der Waals surface area contributed by atoms with Crippen molar-refractivity contribution in [2.75, 3.05) is 12.4 Å². The minimum atomic E-state index is -0.328. The molecule has 4 rings (SSSR count). The Morgan fingerprint density at radius 2 is 1.46 bits per heavy atom. The summed E-state index contributed by atoms with van der Waals surface area (Å²) in [6, 6.07) is 26.2. The number of para-hydroxylation sites is 1. The van der Waals surface area contributed by atoms with Gasteiger partial charge in [0.1, 0.15) is 11.4 Å². The van der Waals surface area contributed by atoms with Gasteiger partial charge in [-0.3, -0.25) is 10.1 Å². The molecule has 0 aliphatic carbocycles. The number of carbonyl (C=O) groups excluding carboxylic acids is 1. The zero-order valence-electron chi connectivity index (χ0n) is 15.3. The van der Waals surface area contributed by atoms with Gasteiger partial charge in [0, 0.05) is 11.1 Å². The third kappa shape index (κ3) is 3.50. The molecular formula is C23H18N2O3. The second kappa shape index (κ2) is 7.80. The predicted molar refractivity (Wildman–Crippen MR) is 108 cm³/mol. The second-order valence-corrected chi connectivity index (χ2v) is 6.08. The number of hydrogen-bond donors (Lipinski definition) is 1. The first-order chi connectivity index (χ1) is 13.8. The topological polar surface area (TPSA) is 64.4 Å². The predicted octanol–water partition coefficient (Wildman–Crippen LogP) is 5.27. The molecule has 1 heterocycles. The molecule has 5 nitrogen and oxygen atoms in total. The standard InChI is InChI=1S/C23H18N2O3/c1-27-19-15-9-8-14-18(19)21(26)25-23-20(16-10-4-2-5-11-16)24-22(28-23)17-12-6-3-7-13-17/h2-15H,1H3,(H,25,26). The van der Waals surface area contributed by atoms with E-state index < -0.39 is 0 Å². The maximum atomic E-state index is 12.8. The van der Waals surface area contributed by atoms with Crippen molar-refractivity contribution in [3.05, 3.63) is 90.5 Å². The molecule has 1 aromatic heterocycles. The van der Waals surface area contributed by atoms with E-state index in [-0.39, 0.29) is 5.91 Å². The number of nitrogens with zero attached hydrogens (tertiary/aromatic N) is 1. The van der Waals surface area contributed by atoms with Crippen LogP contribution >= 0.6 is 0 Å². The molecule has 138 valence electrons. The molecular weight excluding hydrogens is 352 g/mol. The van der Waals surface area contributed by atoms with Gasteiger partial charge >= 0.3 is 0 Å². The molecule has 5 heteroatoms. The van der Waals surface area contributed by atoms with Gasteiger partial charge in [0.2, 0.25) is 11.8 Å². The van der Waals surface area contributed by atoms with E-state index in [0.29, 0.717) is 28.8 Å². The molecule has 0 saturated heterocycles. The number of methoxy groups -OCH3 is 1. The number of oxazole rings is 1. The minimum Gasteiger partial charge on any atom is -0.496 e. The largest absolute Gasteiger partial charge is 0.496 e. The summed E-state index contributed by atoms with van der Waals surface area (Å²) in [7, 11) is 1.53. The van der Waals surface area contributed by atoms with Crippen molar-refractivity contribution in [2.24, 2.45) is 0 Å². The smallest absolute Gasteiger partial charge is 0.261 e. The van der Waals surface area contributed by atoms with Crippen LogP contribution in [-0.4, -0.2) is 18.0 Å². The van der Waals surface area contributed by atoms with Gasteiger partial charge in [-0.2, -0.15) is 0 Å². The van der Waals surface area contributed by atoms with Crippen molar-refractivity contribution >= 4 is 11.8 Å². The average Bonchev–Trinajstić information content (AvgIpc) is 3.18. The van der Waals surface area contributed by atoms with E-state index in [4.69, 9.17) is 9.15 Å². The molecule has 28 heavy (non-hydrogen) atoms. The van der Waals surface area contributed by atoms with Crippen LogP contribution in [0.5, 0.6) is 5.75 Å². The van der Waals surface area contributed by atoms with Crippen molar-refractivity contribution < 1.29 is 13.9 Å². The Morgan fingerprint density at radius 3 is 2.14 bits per heavy atom. The first-order valence-electron chi connectivity index (χ1n) is 8.82. The van der Waals surface area contributed by atoms with E-state index in [2.05, 4.69) is 10.3 Å². The summed E-state index contributed by atoms with van der Waals surface area (Å²) in [5.74, 6) is 0.894. The van der Waals surface area contributed by atoms with Gasteiger partial charge < -0.3 is 9.15 Å². The number of benzene rings is 3. The average molecular weight is 370 g/mol. The van der Waals surface area contributed by atoms with E-state index in [1.54, 1.807) is 18.2 Å². The molecule has 0 radical (unpaired) electrons. The van der Waals surface area contributed by atoms with Crippen molar-refractivity contribution in [2.45, 2.75) is 0 Å². The number of carbonyl (C=O) groups is 1.